The number of rotatable bonds is 5. The second-order valence-electron chi connectivity index (χ2n) is 6.84. The lowest BCUT2D eigenvalue weighted by Crippen LogP contribution is -2.39. The van der Waals surface area contributed by atoms with Crippen molar-refractivity contribution in [3.05, 3.63) is 34.9 Å². The van der Waals surface area contributed by atoms with Crippen LogP contribution in [-0.4, -0.2) is 42.4 Å². The van der Waals surface area contributed by atoms with E-state index >= 15 is 0 Å². The summed E-state index contributed by atoms with van der Waals surface area (Å²) in [6.07, 6.45) is 4.56. The Morgan fingerprint density at radius 2 is 2.00 bits per heavy atom. The molecule has 2 fully saturated rings. The molecular weight excluding hydrogens is 296 g/mol. The smallest absolute Gasteiger partial charge is 0.225 e. The van der Waals surface area contributed by atoms with E-state index in [0.29, 0.717) is 17.7 Å². The van der Waals surface area contributed by atoms with Crippen molar-refractivity contribution in [2.75, 3.05) is 26.7 Å². The summed E-state index contributed by atoms with van der Waals surface area (Å²) in [6, 6.07) is 8.13. The Morgan fingerprint density at radius 3 is 2.64 bits per heavy atom. The number of hydrogen-bond acceptors (Lipinski definition) is 2. The predicted octanol–water partition coefficient (Wildman–Crippen LogP) is 3.42. The van der Waals surface area contributed by atoms with Gasteiger partial charge in [0, 0.05) is 31.1 Å². The molecule has 1 amide bonds. The Bertz CT molecular complexity index is 522. The Balaban J connectivity index is 1.43. The van der Waals surface area contributed by atoms with Crippen LogP contribution in [0.2, 0.25) is 5.02 Å². The van der Waals surface area contributed by atoms with Crippen molar-refractivity contribution in [2.45, 2.75) is 32.2 Å². The first-order valence-electron chi connectivity index (χ1n) is 8.33. The minimum atomic E-state index is 0.341. The zero-order valence-electron chi connectivity index (χ0n) is 13.3. The summed E-state index contributed by atoms with van der Waals surface area (Å²) in [6.45, 7) is 4.13. The molecule has 3 rings (SSSR count). The highest BCUT2D eigenvalue weighted by molar-refractivity contribution is 6.30. The van der Waals surface area contributed by atoms with Gasteiger partial charge in [0.1, 0.15) is 0 Å². The molecule has 1 aromatic rings. The number of halogens is 1. The highest BCUT2D eigenvalue weighted by Crippen LogP contribution is 2.31. The summed E-state index contributed by atoms with van der Waals surface area (Å²) in [5, 5.41) is 0.813. The Hall–Kier alpha value is -1.06. The largest absolute Gasteiger partial charge is 0.345 e. The van der Waals surface area contributed by atoms with Crippen LogP contribution >= 0.6 is 11.6 Å². The van der Waals surface area contributed by atoms with Crippen molar-refractivity contribution in [1.29, 1.82) is 0 Å². The van der Waals surface area contributed by atoms with E-state index in [1.807, 2.05) is 24.1 Å². The first kappa shape index (κ1) is 15.8. The minimum Gasteiger partial charge on any atom is -0.345 e. The van der Waals surface area contributed by atoms with Gasteiger partial charge in [0.25, 0.3) is 0 Å². The fourth-order valence-corrected chi connectivity index (χ4v) is 3.55. The fourth-order valence-electron chi connectivity index (χ4n) is 3.34. The molecule has 0 bridgehead atoms. The summed E-state index contributed by atoms with van der Waals surface area (Å²) >= 11 is 6.05. The molecule has 0 atom stereocenters. The fraction of sp³-hybridized carbons (Fsp3) is 0.611. The van der Waals surface area contributed by atoms with Gasteiger partial charge in [-0.2, -0.15) is 0 Å². The maximum Gasteiger partial charge on any atom is 0.225 e. The van der Waals surface area contributed by atoms with Crippen molar-refractivity contribution in [2.24, 2.45) is 11.8 Å². The van der Waals surface area contributed by atoms with Crippen LogP contribution in [0, 0.1) is 11.8 Å². The molecule has 4 heteroatoms. The van der Waals surface area contributed by atoms with Crippen molar-refractivity contribution >= 4 is 17.5 Å². The highest BCUT2D eigenvalue weighted by Gasteiger charge is 2.33. The molecule has 1 heterocycles. The second kappa shape index (κ2) is 7.01. The van der Waals surface area contributed by atoms with E-state index in [1.54, 1.807) is 0 Å². The monoisotopic (exact) mass is 320 g/mol. The normalized spacial score (nSPS) is 20.1. The maximum absolute atomic E-state index is 12.0. The van der Waals surface area contributed by atoms with Gasteiger partial charge in [-0.3, -0.25) is 9.69 Å². The molecule has 1 aliphatic heterocycles. The lowest BCUT2D eigenvalue weighted by Gasteiger charge is -2.34. The van der Waals surface area contributed by atoms with Crippen LogP contribution < -0.4 is 0 Å². The summed E-state index contributed by atoms with van der Waals surface area (Å²) in [4.78, 5) is 16.5. The molecule has 0 aromatic heterocycles. The second-order valence-corrected chi connectivity index (χ2v) is 7.28. The van der Waals surface area contributed by atoms with Crippen LogP contribution in [0.15, 0.2) is 24.3 Å². The van der Waals surface area contributed by atoms with Gasteiger partial charge in [-0.1, -0.05) is 23.7 Å². The van der Waals surface area contributed by atoms with Crippen LogP contribution in [0.3, 0.4) is 0 Å². The first-order chi connectivity index (χ1) is 10.6. The van der Waals surface area contributed by atoms with Gasteiger partial charge < -0.3 is 4.90 Å². The number of carbonyl (C=O) groups excluding carboxylic acids is 1. The van der Waals surface area contributed by atoms with Crippen molar-refractivity contribution in [1.82, 2.24) is 9.80 Å². The number of hydrogen-bond donors (Lipinski definition) is 0. The lowest BCUT2D eigenvalue weighted by atomic mass is 9.96. The SMILES string of the molecule is CN(CC1CCN(Cc2cccc(Cl)c2)CC1)C(=O)C1CC1. The van der Waals surface area contributed by atoms with Crippen LogP contribution in [0.5, 0.6) is 0 Å². The summed E-state index contributed by atoms with van der Waals surface area (Å²) in [7, 11) is 1.97. The third-order valence-electron chi connectivity index (χ3n) is 4.84. The van der Waals surface area contributed by atoms with E-state index in [1.165, 1.54) is 18.4 Å². The van der Waals surface area contributed by atoms with Gasteiger partial charge in [-0.15, -0.1) is 0 Å². The number of piperidine rings is 1. The average molecular weight is 321 g/mol. The topological polar surface area (TPSA) is 23.6 Å². The van der Waals surface area contributed by atoms with E-state index in [2.05, 4.69) is 17.0 Å². The van der Waals surface area contributed by atoms with Crippen molar-refractivity contribution in [3.8, 4) is 0 Å². The molecule has 1 aliphatic carbocycles. The molecule has 120 valence electrons. The zero-order chi connectivity index (χ0) is 15.5. The number of amides is 1. The Labute approximate surface area is 138 Å². The third kappa shape index (κ3) is 4.23. The molecule has 0 N–H and O–H groups in total. The first-order valence-corrected chi connectivity index (χ1v) is 8.71. The van der Waals surface area contributed by atoms with Crippen LogP contribution in [-0.2, 0) is 11.3 Å². The summed E-state index contributed by atoms with van der Waals surface area (Å²) in [5.74, 6) is 1.36. The number of carbonyl (C=O) groups is 1. The van der Waals surface area contributed by atoms with E-state index in [0.717, 1.165) is 44.0 Å². The molecule has 0 unspecified atom stereocenters. The standard InChI is InChI=1S/C18H25ClN2O/c1-20(18(22)16-5-6-16)12-14-7-9-21(10-8-14)13-15-3-2-4-17(19)11-15/h2-4,11,14,16H,5-10,12-13H2,1H3. The van der Waals surface area contributed by atoms with Crippen LogP contribution in [0.4, 0.5) is 0 Å². The van der Waals surface area contributed by atoms with Gasteiger partial charge in [-0.25, -0.2) is 0 Å². The van der Waals surface area contributed by atoms with Gasteiger partial charge >= 0.3 is 0 Å². The van der Waals surface area contributed by atoms with Crippen molar-refractivity contribution < 1.29 is 4.79 Å². The molecule has 1 saturated carbocycles. The van der Waals surface area contributed by atoms with Gasteiger partial charge in [0.15, 0.2) is 0 Å². The predicted molar refractivity (Wildman–Crippen MR) is 89.8 cm³/mol. The van der Waals surface area contributed by atoms with Crippen LogP contribution in [0.25, 0.3) is 0 Å². The molecule has 2 aliphatic rings. The van der Waals surface area contributed by atoms with E-state index in [4.69, 9.17) is 11.6 Å². The number of benzene rings is 1. The lowest BCUT2D eigenvalue weighted by molar-refractivity contribution is -0.132. The quantitative estimate of drug-likeness (QED) is 0.830. The van der Waals surface area contributed by atoms with Crippen LogP contribution in [0.1, 0.15) is 31.2 Å². The number of nitrogens with zero attached hydrogens (tertiary/aromatic N) is 2. The maximum atomic E-state index is 12.0. The molecule has 22 heavy (non-hydrogen) atoms. The van der Waals surface area contributed by atoms with Gasteiger partial charge in [0.2, 0.25) is 5.91 Å². The van der Waals surface area contributed by atoms with Gasteiger partial charge in [-0.05, 0) is 62.4 Å². The average Bonchev–Trinajstić information content (AvgIpc) is 3.33. The summed E-state index contributed by atoms with van der Waals surface area (Å²) in [5.41, 5.74) is 1.28. The molecule has 0 radical (unpaired) electrons. The highest BCUT2D eigenvalue weighted by atomic mass is 35.5. The molecule has 1 aromatic carbocycles. The van der Waals surface area contributed by atoms with E-state index in [-0.39, 0.29) is 0 Å². The Kier molecular flexibility index (Phi) is 5.04. The third-order valence-corrected chi connectivity index (χ3v) is 5.07. The Morgan fingerprint density at radius 1 is 1.27 bits per heavy atom. The number of likely N-dealkylation sites (tertiary alicyclic amines) is 1. The van der Waals surface area contributed by atoms with Gasteiger partial charge in [0.05, 0.1) is 0 Å². The molecular formula is C18H25ClN2O. The van der Waals surface area contributed by atoms with E-state index in [9.17, 15) is 4.79 Å². The molecule has 3 nitrogen and oxygen atoms in total. The zero-order valence-corrected chi connectivity index (χ0v) is 14.1. The van der Waals surface area contributed by atoms with E-state index < -0.39 is 0 Å². The van der Waals surface area contributed by atoms with Crippen molar-refractivity contribution in [3.63, 3.8) is 0 Å². The molecule has 0 spiro atoms. The molecule has 1 saturated heterocycles. The summed E-state index contributed by atoms with van der Waals surface area (Å²) < 4.78 is 0. The minimum absolute atomic E-state index is 0.341.